The van der Waals surface area contributed by atoms with E-state index in [1.54, 1.807) is 13.0 Å². The third kappa shape index (κ3) is 5.75. The summed E-state index contributed by atoms with van der Waals surface area (Å²) in [5, 5.41) is 9.47. The Bertz CT molecular complexity index is 177. The Morgan fingerprint density at radius 2 is 2.21 bits per heavy atom. The lowest BCUT2D eigenvalue weighted by Crippen LogP contribution is -2.22. The summed E-state index contributed by atoms with van der Waals surface area (Å²) >= 11 is 0. The van der Waals surface area contributed by atoms with Crippen molar-refractivity contribution in [2.45, 2.75) is 51.7 Å². The van der Waals surface area contributed by atoms with Gasteiger partial charge in [0.15, 0.2) is 0 Å². The molecule has 1 N–H and O–H groups in total. The Kier molecular flexibility index (Phi) is 7.11. The first-order chi connectivity index (χ1) is 6.63. The van der Waals surface area contributed by atoms with Gasteiger partial charge in [-0.3, -0.25) is 4.79 Å². The molecule has 0 heterocycles. The zero-order valence-corrected chi connectivity index (χ0v) is 9.03. The molecule has 3 heteroatoms. The van der Waals surface area contributed by atoms with Crippen LogP contribution in [-0.2, 0) is 9.53 Å². The van der Waals surface area contributed by atoms with Crippen LogP contribution in [0, 0.1) is 0 Å². The monoisotopic (exact) mass is 200 g/mol. The highest BCUT2D eigenvalue weighted by atomic mass is 16.5. The lowest BCUT2D eigenvalue weighted by molar-refractivity contribution is -0.150. The minimum absolute atomic E-state index is 0.169. The predicted molar refractivity (Wildman–Crippen MR) is 55.9 cm³/mol. The molecule has 2 atom stereocenters. The second-order valence-corrected chi connectivity index (χ2v) is 3.29. The van der Waals surface area contributed by atoms with Gasteiger partial charge in [-0.15, -0.1) is 6.58 Å². The van der Waals surface area contributed by atoms with Gasteiger partial charge in [0.1, 0.15) is 6.10 Å². The van der Waals surface area contributed by atoms with Crippen molar-refractivity contribution in [1.29, 1.82) is 0 Å². The largest absolute Gasteiger partial charge is 0.462 e. The molecule has 3 nitrogen and oxygen atoms in total. The molecule has 0 aromatic rings. The number of aliphatic hydroxyl groups is 1. The Morgan fingerprint density at radius 3 is 2.64 bits per heavy atom. The fourth-order valence-electron chi connectivity index (χ4n) is 1.16. The minimum Gasteiger partial charge on any atom is -0.462 e. The normalized spacial score (nSPS) is 14.5. The van der Waals surface area contributed by atoms with Crippen LogP contribution in [0.2, 0.25) is 0 Å². The molecule has 82 valence electrons. The lowest BCUT2D eigenvalue weighted by atomic mass is 10.1. The molecule has 0 aromatic carbocycles. The number of hydrogen-bond donors (Lipinski definition) is 1. The molecule has 0 saturated carbocycles. The molecule has 0 aromatic heterocycles. The second-order valence-electron chi connectivity index (χ2n) is 3.29. The molecule has 14 heavy (non-hydrogen) atoms. The van der Waals surface area contributed by atoms with E-state index in [2.05, 4.69) is 6.58 Å². The topological polar surface area (TPSA) is 46.5 Å². The van der Waals surface area contributed by atoms with E-state index in [-0.39, 0.29) is 12.1 Å². The molecule has 0 saturated heterocycles. The van der Waals surface area contributed by atoms with Crippen molar-refractivity contribution in [2.75, 3.05) is 0 Å². The maximum Gasteiger partial charge on any atom is 0.305 e. The van der Waals surface area contributed by atoms with Gasteiger partial charge in [0.25, 0.3) is 0 Å². The number of rotatable bonds is 7. The van der Waals surface area contributed by atoms with Crippen LogP contribution in [0.1, 0.15) is 39.5 Å². The molecule has 0 aliphatic carbocycles. The number of carbonyl (C=O) groups excluding carboxylic acids is 1. The van der Waals surface area contributed by atoms with Crippen LogP contribution in [0.25, 0.3) is 0 Å². The first-order valence-electron chi connectivity index (χ1n) is 5.12. The summed E-state index contributed by atoms with van der Waals surface area (Å²) in [6.45, 7) is 7.24. The number of esters is 1. The summed E-state index contributed by atoms with van der Waals surface area (Å²) in [4.78, 5) is 11.0. The van der Waals surface area contributed by atoms with Crippen LogP contribution < -0.4 is 0 Å². The minimum atomic E-state index is -0.456. The van der Waals surface area contributed by atoms with Crippen molar-refractivity contribution in [2.24, 2.45) is 0 Å². The average molecular weight is 200 g/mol. The van der Waals surface area contributed by atoms with Crippen molar-refractivity contribution in [3.63, 3.8) is 0 Å². The van der Waals surface area contributed by atoms with Gasteiger partial charge in [-0.1, -0.05) is 19.9 Å². The summed E-state index contributed by atoms with van der Waals surface area (Å²) in [6.07, 6.45) is 3.20. The van der Waals surface area contributed by atoms with Crippen LogP contribution in [0.5, 0.6) is 0 Å². The van der Waals surface area contributed by atoms with E-state index in [9.17, 15) is 9.90 Å². The van der Waals surface area contributed by atoms with Crippen molar-refractivity contribution >= 4 is 5.97 Å². The lowest BCUT2D eigenvalue weighted by Gasteiger charge is -2.18. The standard InChI is InChI=1S/C11H20O3/c1-4-7-9(12)8-10(5-2)14-11(13)6-3/h4,9-10,12H,1,5-8H2,2-3H3/t9-,10-/m0/s1. The van der Waals surface area contributed by atoms with Crippen LogP contribution >= 0.6 is 0 Å². The summed E-state index contributed by atoms with van der Waals surface area (Å²) < 4.78 is 5.13. The Balaban J connectivity index is 3.89. The van der Waals surface area contributed by atoms with Crippen LogP contribution in [-0.4, -0.2) is 23.3 Å². The highest BCUT2D eigenvalue weighted by molar-refractivity contribution is 5.69. The molecule has 0 bridgehead atoms. The van der Waals surface area contributed by atoms with Gasteiger partial charge in [0.2, 0.25) is 0 Å². The highest BCUT2D eigenvalue weighted by Gasteiger charge is 2.15. The third-order valence-corrected chi connectivity index (χ3v) is 2.02. The van der Waals surface area contributed by atoms with E-state index in [1.807, 2.05) is 6.92 Å². The zero-order valence-electron chi connectivity index (χ0n) is 9.03. The van der Waals surface area contributed by atoms with Gasteiger partial charge in [0.05, 0.1) is 6.10 Å². The second kappa shape index (κ2) is 7.56. The summed E-state index contributed by atoms with van der Waals surface area (Å²) in [5.74, 6) is -0.206. The fraction of sp³-hybridized carbons (Fsp3) is 0.727. The number of hydrogen-bond acceptors (Lipinski definition) is 3. The van der Waals surface area contributed by atoms with Crippen LogP contribution in [0.3, 0.4) is 0 Å². The smallest absolute Gasteiger partial charge is 0.305 e. The van der Waals surface area contributed by atoms with Crippen molar-refractivity contribution in [1.82, 2.24) is 0 Å². The Hall–Kier alpha value is -0.830. The zero-order chi connectivity index (χ0) is 11.0. The van der Waals surface area contributed by atoms with E-state index >= 15 is 0 Å². The van der Waals surface area contributed by atoms with Crippen molar-refractivity contribution in [3.8, 4) is 0 Å². The summed E-state index contributed by atoms with van der Waals surface area (Å²) in [6, 6.07) is 0. The van der Waals surface area contributed by atoms with E-state index in [0.717, 1.165) is 6.42 Å². The van der Waals surface area contributed by atoms with Gasteiger partial charge < -0.3 is 9.84 Å². The Labute approximate surface area is 85.8 Å². The predicted octanol–water partition coefficient (Wildman–Crippen LogP) is 2.05. The van der Waals surface area contributed by atoms with Gasteiger partial charge in [0, 0.05) is 12.8 Å². The fourth-order valence-corrected chi connectivity index (χ4v) is 1.16. The molecule has 0 spiro atoms. The number of aliphatic hydroxyl groups excluding tert-OH is 1. The molecule has 0 fully saturated rings. The van der Waals surface area contributed by atoms with Crippen molar-refractivity contribution in [3.05, 3.63) is 12.7 Å². The van der Waals surface area contributed by atoms with E-state index in [1.165, 1.54) is 0 Å². The quantitative estimate of drug-likeness (QED) is 0.505. The van der Waals surface area contributed by atoms with Crippen LogP contribution in [0.4, 0.5) is 0 Å². The molecular formula is C11H20O3. The van der Waals surface area contributed by atoms with Gasteiger partial charge in [-0.25, -0.2) is 0 Å². The van der Waals surface area contributed by atoms with E-state index in [4.69, 9.17) is 4.74 Å². The van der Waals surface area contributed by atoms with E-state index < -0.39 is 6.10 Å². The number of carbonyl (C=O) groups is 1. The third-order valence-electron chi connectivity index (χ3n) is 2.02. The molecule has 0 amide bonds. The maximum absolute atomic E-state index is 11.0. The van der Waals surface area contributed by atoms with Gasteiger partial charge >= 0.3 is 5.97 Å². The Morgan fingerprint density at radius 1 is 1.57 bits per heavy atom. The summed E-state index contributed by atoms with van der Waals surface area (Å²) in [5.41, 5.74) is 0. The summed E-state index contributed by atoms with van der Waals surface area (Å²) in [7, 11) is 0. The van der Waals surface area contributed by atoms with E-state index in [0.29, 0.717) is 19.3 Å². The maximum atomic E-state index is 11.0. The molecule has 0 radical (unpaired) electrons. The van der Waals surface area contributed by atoms with Crippen molar-refractivity contribution < 1.29 is 14.6 Å². The SMILES string of the molecule is C=CC[C@H](O)C[C@H](CC)OC(=O)CC. The first-order valence-corrected chi connectivity index (χ1v) is 5.12. The molecular weight excluding hydrogens is 180 g/mol. The highest BCUT2D eigenvalue weighted by Crippen LogP contribution is 2.10. The first kappa shape index (κ1) is 13.2. The molecule has 0 aliphatic heterocycles. The van der Waals surface area contributed by atoms with Gasteiger partial charge in [-0.05, 0) is 12.8 Å². The molecule has 0 unspecified atom stereocenters. The molecule has 0 rings (SSSR count). The average Bonchev–Trinajstić information content (AvgIpc) is 2.16. The van der Waals surface area contributed by atoms with Crippen LogP contribution in [0.15, 0.2) is 12.7 Å². The number of ether oxygens (including phenoxy) is 1. The molecule has 0 aliphatic rings. The van der Waals surface area contributed by atoms with Gasteiger partial charge in [-0.2, -0.15) is 0 Å².